The number of carbonyl (C=O) groups excluding carboxylic acids is 1. The zero-order chi connectivity index (χ0) is 21.5. The molecule has 0 atom stereocenters. The van der Waals surface area contributed by atoms with Gasteiger partial charge in [0, 0.05) is 5.56 Å². The number of amidine groups is 1. The number of halogens is 1. The van der Waals surface area contributed by atoms with Gasteiger partial charge < -0.3 is 4.42 Å². The van der Waals surface area contributed by atoms with E-state index in [1.807, 2.05) is 42.5 Å². The summed E-state index contributed by atoms with van der Waals surface area (Å²) in [4.78, 5) is 14.9. The van der Waals surface area contributed by atoms with Crippen LogP contribution >= 0.6 is 11.8 Å². The highest BCUT2D eigenvalue weighted by Gasteiger charge is 2.33. The number of nitrogens with zero attached hydrogens (tertiary/aromatic N) is 3. The van der Waals surface area contributed by atoms with E-state index in [1.54, 1.807) is 42.7 Å². The van der Waals surface area contributed by atoms with Gasteiger partial charge in [-0.3, -0.25) is 9.69 Å². The lowest BCUT2D eigenvalue weighted by Gasteiger charge is -2.12. The molecule has 0 spiro atoms. The Hall–Kier alpha value is -3.71. The van der Waals surface area contributed by atoms with Crippen molar-refractivity contribution in [2.45, 2.75) is 6.54 Å². The number of rotatable bonds is 6. The maximum Gasteiger partial charge on any atom is 0.267 e. The highest BCUT2D eigenvalue weighted by molar-refractivity contribution is 8.18. The number of carbonyl (C=O) groups is 1. The van der Waals surface area contributed by atoms with Crippen LogP contribution in [-0.2, 0) is 11.3 Å². The van der Waals surface area contributed by atoms with Gasteiger partial charge in [0.05, 0.1) is 23.9 Å². The molecule has 0 aliphatic carbocycles. The summed E-state index contributed by atoms with van der Waals surface area (Å²) >= 11 is 1.21. The molecule has 4 rings (SSSR count). The Morgan fingerprint density at radius 3 is 2.61 bits per heavy atom. The van der Waals surface area contributed by atoms with E-state index in [9.17, 15) is 9.18 Å². The molecule has 2 heterocycles. The summed E-state index contributed by atoms with van der Waals surface area (Å²) in [6.45, 7) is 0.229. The first-order valence-corrected chi connectivity index (χ1v) is 10.3. The van der Waals surface area contributed by atoms with Gasteiger partial charge in [-0.1, -0.05) is 60.7 Å². The molecule has 1 aromatic heterocycles. The van der Waals surface area contributed by atoms with E-state index >= 15 is 0 Å². The highest BCUT2D eigenvalue weighted by Crippen LogP contribution is 2.32. The predicted octanol–water partition coefficient (Wildman–Crippen LogP) is 5.48. The van der Waals surface area contributed by atoms with Crippen LogP contribution in [0.1, 0.15) is 16.9 Å². The van der Waals surface area contributed by atoms with Crippen molar-refractivity contribution >= 4 is 35.1 Å². The molecule has 31 heavy (non-hydrogen) atoms. The number of hydrogen-bond acceptors (Lipinski definition) is 5. The molecule has 0 radical (unpaired) electrons. The second kappa shape index (κ2) is 9.86. The highest BCUT2D eigenvalue weighted by atomic mass is 32.2. The first-order chi connectivity index (χ1) is 15.2. The molecule has 0 unspecified atom stereocenters. The van der Waals surface area contributed by atoms with Crippen molar-refractivity contribution < 1.29 is 13.6 Å². The molecule has 2 aromatic carbocycles. The smallest absolute Gasteiger partial charge is 0.267 e. The standard InChI is InChI=1S/C24H18FN3O2S/c25-21-13-5-4-11-19(21)16-26-27-24-28(17-20-12-7-15-30-20)23(29)22(31-24)14-6-10-18-8-2-1-3-9-18/h1-16H,17H2/b10-6+,22-14-,26-16-,27-24+. The monoisotopic (exact) mass is 431 g/mol. The van der Waals surface area contributed by atoms with Crippen LogP contribution in [-0.4, -0.2) is 22.2 Å². The number of benzene rings is 2. The second-order valence-electron chi connectivity index (χ2n) is 6.52. The van der Waals surface area contributed by atoms with E-state index < -0.39 is 0 Å². The minimum atomic E-state index is -0.388. The Kier molecular flexibility index (Phi) is 6.54. The maximum absolute atomic E-state index is 13.8. The summed E-state index contributed by atoms with van der Waals surface area (Å²) in [6.07, 6.45) is 8.37. The lowest BCUT2D eigenvalue weighted by atomic mass is 10.2. The zero-order valence-electron chi connectivity index (χ0n) is 16.4. The third-order valence-corrected chi connectivity index (χ3v) is 5.38. The van der Waals surface area contributed by atoms with Crippen molar-refractivity contribution in [3.63, 3.8) is 0 Å². The lowest BCUT2D eigenvalue weighted by molar-refractivity contribution is -0.122. The first-order valence-electron chi connectivity index (χ1n) is 9.52. The average Bonchev–Trinajstić information content (AvgIpc) is 3.40. The summed E-state index contributed by atoms with van der Waals surface area (Å²) in [7, 11) is 0. The molecule has 1 saturated heterocycles. The van der Waals surface area contributed by atoms with E-state index in [4.69, 9.17) is 4.42 Å². The Labute approximate surface area is 183 Å². The molecule has 1 aliphatic rings. The fourth-order valence-corrected chi connectivity index (χ4v) is 3.71. The van der Waals surface area contributed by atoms with E-state index in [1.165, 1.54) is 28.9 Å². The van der Waals surface area contributed by atoms with Gasteiger partial charge in [-0.25, -0.2) is 4.39 Å². The third-order valence-electron chi connectivity index (χ3n) is 4.36. The quantitative estimate of drug-likeness (QED) is 0.295. The molecule has 1 fully saturated rings. The SMILES string of the molecule is O=C1/C(=C/C=C/c2ccccc2)S/C(=N/N=C\c2ccccc2F)N1Cc1ccco1. The van der Waals surface area contributed by atoms with Crippen LogP contribution in [0.5, 0.6) is 0 Å². The van der Waals surface area contributed by atoms with Crippen molar-refractivity contribution in [1.82, 2.24) is 4.90 Å². The fourth-order valence-electron chi connectivity index (χ4n) is 2.83. The molecule has 0 bridgehead atoms. The lowest BCUT2D eigenvalue weighted by Crippen LogP contribution is -2.28. The zero-order valence-corrected chi connectivity index (χ0v) is 17.2. The van der Waals surface area contributed by atoms with Gasteiger partial charge in [-0.15, -0.1) is 5.10 Å². The van der Waals surface area contributed by atoms with Crippen molar-refractivity contribution in [2.24, 2.45) is 10.2 Å². The molecular weight excluding hydrogens is 413 g/mol. The van der Waals surface area contributed by atoms with Crippen molar-refractivity contribution in [2.75, 3.05) is 0 Å². The minimum Gasteiger partial charge on any atom is -0.467 e. The fraction of sp³-hybridized carbons (Fsp3) is 0.0417. The third kappa shape index (κ3) is 5.26. The summed E-state index contributed by atoms with van der Waals surface area (Å²) in [5.41, 5.74) is 1.35. The molecule has 3 aromatic rings. The van der Waals surface area contributed by atoms with E-state index in [0.29, 0.717) is 21.4 Å². The first kappa shape index (κ1) is 20.6. The molecule has 5 nitrogen and oxygen atoms in total. The number of thioether (sulfide) groups is 1. The van der Waals surface area contributed by atoms with Crippen LogP contribution in [0.2, 0.25) is 0 Å². The van der Waals surface area contributed by atoms with Gasteiger partial charge in [0.25, 0.3) is 5.91 Å². The normalized spacial score (nSPS) is 17.1. The van der Waals surface area contributed by atoms with E-state index in [-0.39, 0.29) is 18.3 Å². The average molecular weight is 431 g/mol. The Morgan fingerprint density at radius 2 is 1.84 bits per heavy atom. The van der Waals surface area contributed by atoms with Gasteiger partial charge in [-0.05, 0) is 41.6 Å². The molecule has 0 saturated carbocycles. The van der Waals surface area contributed by atoms with Crippen LogP contribution < -0.4 is 0 Å². The molecule has 1 aliphatic heterocycles. The Morgan fingerprint density at radius 1 is 1.03 bits per heavy atom. The van der Waals surface area contributed by atoms with E-state index in [0.717, 1.165) is 5.56 Å². The molecule has 154 valence electrons. The Bertz CT molecular complexity index is 1170. The maximum atomic E-state index is 13.8. The Balaban J connectivity index is 1.57. The van der Waals surface area contributed by atoms with Crippen molar-refractivity contribution in [3.05, 3.63) is 113 Å². The van der Waals surface area contributed by atoms with Gasteiger partial charge in [-0.2, -0.15) is 5.10 Å². The molecule has 1 amide bonds. The van der Waals surface area contributed by atoms with Crippen LogP contribution in [0.15, 0.2) is 105 Å². The number of hydrogen-bond donors (Lipinski definition) is 0. The molecule has 0 N–H and O–H groups in total. The van der Waals surface area contributed by atoms with Gasteiger partial charge in [0.2, 0.25) is 0 Å². The summed E-state index contributed by atoms with van der Waals surface area (Å²) in [5.74, 6) is 0.0421. The van der Waals surface area contributed by atoms with Gasteiger partial charge in [0.15, 0.2) is 5.17 Å². The topological polar surface area (TPSA) is 58.2 Å². The number of amides is 1. The van der Waals surface area contributed by atoms with Crippen molar-refractivity contribution in [3.8, 4) is 0 Å². The summed E-state index contributed by atoms with van der Waals surface area (Å²) < 4.78 is 19.2. The van der Waals surface area contributed by atoms with Crippen LogP contribution in [0.25, 0.3) is 6.08 Å². The predicted molar refractivity (Wildman–Crippen MR) is 122 cm³/mol. The second-order valence-corrected chi connectivity index (χ2v) is 7.53. The van der Waals surface area contributed by atoms with Crippen molar-refractivity contribution in [1.29, 1.82) is 0 Å². The molecular formula is C24H18FN3O2S. The minimum absolute atomic E-state index is 0.195. The van der Waals surface area contributed by atoms with Gasteiger partial charge >= 0.3 is 0 Å². The van der Waals surface area contributed by atoms with Crippen LogP contribution in [0.3, 0.4) is 0 Å². The van der Waals surface area contributed by atoms with E-state index in [2.05, 4.69) is 10.2 Å². The summed E-state index contributed by atoms with van der Waals surface area (Å²) in [6, 6.07) is 19.6. The number of allylic oxidation sites excluding steroid dienone is 2. The summed E-state index contributed by atoms with van der Waals surface area (Å²) in [5, 5.41) is 8.56. The van der Waals surface area contributed by atoms with Crippen LogP contribution in [0.4, 0.5) is 4.39 Å². The van der Waals surface area contributed by atoms with Crippen LogP contribution in [0, 0.1) is 5.82 Å². The molecule has 7 heteroatoms. The largest absolute Gasteiger partial charge is 0.467 e. The van der Waals surface area contributed by atoms with Gasteiger partial charge in [0.1, 0.15) is 11.6 Å². The number of furan rings is 1.